The van der Waals surface area contributed by atoms with E-state index in [1.807, 2.05) is 42.5 Å². The smallest absolute Gasteiger partial charge is 0.266 e. The second-order valence-electron chi connectivity index (χ2n) is 6.06. The molecular weight excluding hydrogens is 356 g/mol. The molecule has 1 aliphatic heterocycles. The summed E-state index contributed by atoms with van der Waals surface area (Å²) in [5.41, 5.74) is 3.06. The lowest BCUT2D eigenvalue weighted by Gasteiger charge is -2.07. The van der Waals surface area contributed by atoms with Gasteiger partial charge in [0.2, 0.25) is 0 Å². The summed E-state index contributed by atoms with van der Waals surface area (Å²) in [5, 5.41) is 0.682. The largest absolute Gasteiger partial charge is 0.490 e. The lowest BCUT2D eigenvalue weighted by molar-refractivity contribution is -0.121. The molecule has 2 aromatic rings. The van der Waals surface area contributed by atoms with Gasteiger partial charge >= 0.3 is 0 Å². The zero-order valence-electron chi connectivity index (χ0n) is 15.5. The van der Waals surface area contributed by atoms with Gasteiger partial charge in [0.15, 0.2) is 5.17 Å². The topological polar surface area (TPSA) is 41.9 Å². The molecule has 1 amide bonds. The molecule has 4 nitrogen and oxygen atoms in total. The van der Waals surface area contributed by atoms with Crippen molar-refractivity contribution in [1.29, 1.82) is 0 Å². The molecule has 27 heavy (non-hydrogen) atoms. The molecule has 1 aliphatic rings. The molecule has 0 atom stereocenters. The van der Waals surface area contributed by atoms with E-state index in [1.165, 1.54) is 17.3 Å². The molecule has 0 bridgehead atoms. The fourth-order valence-corrected chi connectivity index (χ4v) is 3.52. The van der Waals surface area contributed by atoms with Crippen molar-refractivity contribution in [3.05, 3.63) is 77.2 Å². The molecule has 0 saturated carbocycles. The third kappa shape index (κ3) is 4.68. The normalized spacial score (nSPS) is 17.0. The first kappa shape index (κ1) is 19.0. The molecule has 0 N–H and O–H groups in total. The Morgan fingerprint density at radius 2 is 1.85 bits per heavy atom. The van der Waals surface area contributed by atoms with E-state index in [0.29, 0.717) is 16.7 Å². The van der Waals surface area contributed by atoms with E-state index >= 15 is 0 Å². The summed E-state index contributed by atoms with van der Waals surface area (Å²) in [6.45, 7) is 6.22. The maximum atomic E-state index is 12.5. The minimum absolute atomic E-state index is 0.0455. The van der Waals surface area contributed by atoms with Crippen molar-refractivity contribution in [1.82, 2.24) is 4.90 Å². The number of carbonyl (C=O) groups is 1. The van der Waals surface area contributed by atoms with Gasteiger partial charge in [0.25, 0.3) is 5.91 Å². The van der Waals surface area contributed by atoms with Crippen molar-refractivity contribution in [2.75, 3.05) is 13.7 Å². The maximum Gasteiger partial charge on any atom is 0.266 e. The summed E-state index contributed by atoms with van der Waals surface area (Å²) in [5.74, 6) is 0.730. The first-order chi connectivity index (χ1) is 13.1. The molecule has 0 unspecified atom stereocenters. The third-order valence-corrected chi connectivity index (χ3v) is 5.18. The van der Waals surface area contributed by atoms with Crippen LogP contribution in [0.4, 0.5) is 5.69 Å². The molecule has 1 fully saturated rings. The second-order valence-corrected chi connectivity index (χ2v) is 7.07. The number of thioether (sulfide) groups is 1. The molecule has 0 spiro atoms. The number of amidine groups is 1. The molecule has 138 valence electrons. The first-order valence-corrected chi connectivity index (χ1v) is 9.61. The highest BCUT2D eigenvalue weighted by Gasteiger charge is 2.30. The van der Waals surface area contributed by atoms with Gasteiger partial charge in [-0.15, -0.1) is 0 Å². The molecule has 0 radical (unpaired) electrons. The average molecular weight is 378 g/mol. The van der Waals surface area contributed by atoms with E-state index in [4.69, 9.17) is 4.74 Å². The predicted octanol–water partition coefficient (Wildman–Crippen LogP) is 5.05. The number of ether oxygens (including phenoxy) is 1. The van der Waals surface area contributed by atoms with Crippen LogP contribution in [0.3, 0.4) is 0 Å². The van der Waals surface area contributed by atoms with Gasteiger partial charge in [0, 0.05) is 7.05 Å². The highest BCUT2D eigenvalue weighted by molar-refractivity contribution is 8.18. The number of hydrogen-bond donors (Lipinski definition) is 0. The van der Waals surface area contributed by atoms with Crippen molar-refractivity contribution >= 4 is 34.6 Å². The lowest BCUT2D eigenvalue weighted by Crippen LogP contribution is -2.23. The van der Waals surface area contributed by atoms with Crippen LogP contribution in [0.15, 0.2) is 71.1 Å². The summed E-state index contributed by atoms with van der Waals surface area (Å²) in [6.07, 6.45) is 4.58. The quantitative estimate of drug-likeness (QED) is 0.522. The van der Waals surface area contributed by atoms with E-state index in [-0.39, 0.29) is 5.91 Å². The number of benzene rings is 2. The van der Waals surface area contributed by atoms with Crippen molar-refractivity contribution in [3.63, 3.8) is 0 Å². The van der Waals surface area contributed by atoms with Crippen LogP contribution >= 0.6 is 11.8 Å². The Morgan fingerprint density at radius 3 is 2.48 bits per heavy atom. The van der Waals surface area contributed by atoms with Gasteiger partial charge in [-0.25, -0.2) is 4.99 Å². The molecule has 2 aromatic carbocycles. The zero-order chi connectivity index (χ0) is 19.2. The van der Waals surface area contributed by atoms with Crippen molar-refractivity contribution < 1.29 is 9.53 Å². The maximum absolute atomic E-state index is 12.5. The SMILES string of the molecule is C=CCOc1ccc(/C=C2\SC(=Nc3ccc(CC)cc3)N(C)C2=O)cc1. The van der Waals surface area contributed by atoms with Crippen LogP contribution in [0.1, 0.15) is 18.1 Å². The van der Waals surface area contributed by atoms with Crippen molar-refractivity contribution in [3.8, 4) is 5.75 Å². The summed E-state index contributed by atoms with van der Waals surface area (Å²) in [4.78, 5) is 19.4. The van der Waals surface area contributed by atoms with Crippen LogP contribution in [0.5, 0.6) is 5.75 Å². The number of aliphatic imine (C=N–C) groups is 1. The predicted molar refractivity (Wildman–Crippen MR) is 113 cm³/mol. The fraction of sp³-hybridized carbons (Fsp3) is 0.182. The fourth-order valence-electron chi connectivity index (χ4n) is 2.54. The third-order valence-electron chi connectivity index (χ3n) is 4.12. The first-order valence-electron chi connectivity index (χ1n) is 8.79. The number of carbonyl (C=O) groups excluding carboxylic acids is 1. The molecule has 1 heterocycles. The summed E-state index contributed by atoms with van der Waals surface area (Å²) in [6, 6.07) is 15.7. The van der Waals surface area contributed by atoms with E-state index in [0.717, 1.165) is 23.4 Å². The minimum Gasteiger partial charge on any atom is -0.490 e. The Morgan fingerprint density at radius 1 is 1.15 bits per heavy atom. The van der Waals surface area contributed by atoms with Gasteiger partial charge in [-0.1, -0.05) is 43.8 Å². The van der Waals surface area contributed by atoms with Gasteiger partial charge in [-0.2, -0.15) is 0 Å². The Bertz CT molecular complexity index is 884. The number of nitrogens with zero attached hydrogens (tertiary/aromatic N) is 2. The van der Waals surface area contributed by atoms with E-state index in [2.05, 4.69) is 30.6 Å². The van der Waals surface area contributed by atoms with Gasteiger partial charge < -0.3 is 4.74 Å². The zero-order valence-corrected chi connectivity index (χ0v) is 16.3. The lowest BCUT2D eigenvalue weighted by atomic mass is 10.2. The summed E-state index contributed by atoms with van der Waals surface area (Å²) >= 11 is 1.39. The number of aryl methyl sites for hydroxylation is 1. The molecule has 5 heteroatoms. The average Bonchev–Trinajstić information content (AvgIpc) is 2.96. The highest BCUT2D eigenvalue weighted by atomic mass is 32.2. The standard InChI is InChI=1S/C22H22N2O2S/c1-4-14-26-19-12-8-17(9-13-19)15-20-21(25)24(3)22(27-20)23-18-10-6-16(5-2)7-11-18/h4,6-13,15H,1,5,14H2,2-3H3/b20-15-,23-22?. The van der Waals surface area contributed by atoms with E-state index in [1.54, 1.807) is 18.0 Å². The summed E-state index contributed by atoms with van der Waals surface area (Å²) in [7, 11) is 1.75. The molecule has 1 saturated heterocycles. The van der Waals surface area contributed by atoms with Gasteiger partial charge in [-0.05, 0) is 59.7 Å². The van der Waals surface area contributed by atoms with Crippen LogP contribution in [0, 0.1) is 0 Å². The number of likely N-dealkylation sites (N-methyl/N-ethyl adjacent to an activating group) is 1. The van der Waals surface area contributed by atoms with Crippen LogP contribution in [0.2, 0.25) is 0 Å². The minimum atomic E-state index is -0.0455. The Kier molecular flexibility index (Phi) is 6.14. The number of hydrogen-bond acceptors (Lipinski definition) is 4. The van der Waals surface area contributed by atoms with Crippen molar-refractivity contribution in [2.45, 2.75) is 13.3 Å². The Hall–Kier alpha value is -2.79. The van der Waals surface area contributed by atoms with E-state index in [9.17, 15) is 4.79 Å². The Balaban J connectivity index is 1.77. The summed E-state index contributed by atoms with van der Waals surface area (Å²) < 4.78 is 5.48. The van der Waals surface area contributed by atoms with Crippen molar-refractivity contribution in [2.24, 2.45) is 4.99 Å². The van der Waals surface area contributed by atoms with Crippen LogP contribution in [-0.2, 0) is 11.2 Å². The van der Waals surface area contributed by atoms with Gasteiger partial charge in [-0.3, -0.25) is 9.69 Å². The van der Waals surface area contributed by atoms with Gasteiger partial charge in [0.1, 0.15) is 12.4 Å². The van der Waals surface area contributed by atoms with Crippen LogP contribution in [-0.4, -0.2) is 29.6 Å². The van der Waals surface area contributed by atoms with Gasteiger partial charge in [0.05, 0.1) is 10.6 Å². The highest BCUT2D eigenvalue weighted by Crippen LogP contribution is 2.33. The molecule has 0 aromatic heterocycles. The second kappa shape index (κ2) is 8.73. The molecule has 3 rings (SSSR count). The number of rotatable bonds is 6. The monoisotopic (exact) mass is 378 g/mol. The van der Waals surface area contributed by atoms with Crippen LogP contribution < -0.4 is 4.74 Å². The van der Waals surface area contributed by atoms with E-state index < -0.39 is 0 Å². The number of amides is 1. The molecule has 0 aliphatic carbocycles. The molecular formula is C22H22N2O2S. The van der Waals surface area contributed by atoms with Crippen LogP contribution in [0.25, 0.3) is 6.08 Å². The Labute approximate surface area is 164 Å².